The smallest absolute Gasteiger partial charge is 0.251 e. The van der Waals surface area contributed by atoms with Gasteiger partial charge in [-0.1, -0.05) is 12.1 Å². The second-order valence-corrected chi connectivity index (χ2v) is 7.04. The minimum Gasteiger partial charge on any atom is -0.497 e. The summed E-state index contributed by atoms with van der Waals surface area (Å²) in [5.41, 5.74) is 1.79. The first-order valence-electron chi connectivity index (χ1n) is 9.38. The van der Waals surface area contributed by atoms with E-state index in [2.05, 4.69) is 27.3 Å². The van der Waals surface area contributed by atoms with E-state index in [9.17, 15) is 4.79 Å². The number of aromatic nitrogens is 1. The predicted molar refractivity (Wildman–Crippen MR) is 107 cm³/mol. The summed E-state index contributed by atoms with van der Waals surface area (Å²) in [6.07, 6.45) is 4.07. The number of likely N-dealkylation sites (tertiary alicyclic amines) is 1. The predicted octanol–water partition coefficient (Wildman–Crippen LogP) is 2.72. The zero-order valence-electron chi connectivity index (χ0n) is 16.3. The first kappa shape index (κ1) is 19.2. The average molecular weight is 368 g/mol. The lowest BCUT2D eigenvalue weighted by atomic mass is 10.0. The molecular formula is C21H28N4O2. The Morgan fingerprint density at radius 3 is 2.74 bits per heavy atom. The SMILES string of the molecule is COc1cccc([C@H](CNC(=O)c2ccnc(N(C)C)c2)N2CCCC2)c1. The number of methoxy groups -OCH3 is 1. The number of nitrogens with zero attached hydrogens (tertiary/aromatic N) is 3. The molecule has 2 aromatic rings. The van der Waals surface area contributed by atoms with Gasteiger partial charge in [-0.05, 0) is 55.8 Å². The second-order valence-electron chi connectivity index (χ2n) is 7.04. The van der Waals surface area contributed by atoms with E-state index in [1.807, 2.05) is 37.2 Å². The largest absolute Gasteiger partial charge is 0.497 e. The van der Waals surface area contributed by atoms with Crippen LogP contribution >= 0.6 is 0 Å². The maximum absolute atomic E-state index is 12.7. The van der Waals surface area contributed by atoms with Crippen LogP contribution in [-0.2, 0) is 0 Å². The van der Waals surface area contributed by atoms with E-state index >= 15 is 0 Å². The molecule has 1 aromatic carbocycles. The summed E-state index contributed by atoms with van der Waals surface area (Å²) >= 11 is 0. The second kappa shape index (κ2) is 8.86. The van der Waals surface area contributed by atoms with Crippen LogP contribution in [0.4, 0.5) is 5.82 Å². The fraction of sp³-hybridized carbons (Fsp3) is 0.429. The molecule has 2 heterocycles. The van der Waals surface area contributed by atoms with Gasteiger partial charge in [0.2, 0.25) is 0 Å². The molecule has 6 heteroatoms. The van der Waals surface area contributed by atoms with Crippen LogP contribution in [-0.4, -0.2) is 56.6 Å². The van der Waals surface area contributed by atoms with E-state index in [0.717, 1.165) is 24.7 Å². The van der Waals surface area contributed by atoms with Crippen molar-refractivity contribution >= 4 is 11.7 Å². The van der Waals surface area contributed by atoms with Gasteiger partial charge in [-0.15, -0.1) is 0 Å². The van der Waals surface area contributed by atoms with Crippen molar-refractivity contribution in [3.8, 4) is 5.75 Å². The molecule has 1 aliphatic heterocycles. The van der Waals surface area contributed by atoms with Gasteiger partial charge < -0.3 is 15.0 Å². The van der Waals surface area contributed by atoms with Crippen molar-refractivity contribution in [1.29, 1.82) is 0 Å². The van der Waals surface area contributed by atoms with E-state index in [4.69, 9.17) is 4.74 Å². The molecule has 0 unspecified atom stereocenters. The monoisotopic (exact) mass is 368 g/mol. The molecule has 1 N–H and O–H groups in total. The number of carbonyl (C=O) groups excluding carboxylic acids is 1. The number of carbonyl (C=O) groups is 1. The van der Waals surface area contributed by atoms with Gasteiger partial charge in [0.05, 0.1) is 13.2 Å². The van der Waals surface area contributed by atoms with E-state index in [0.29, 0.717) is 12.1 Å². The Morgan fingerprint density at radius 1 is 1.26 bits per heavy atom. The first-order chi connectivity index (χ1) is 13.1. The summed E-state index contributed by atoms with van der Waals surface area (Å²) in [7, 11) is 5.50. The summed E-state index contributed by atoms with van der Waals surface area (Å²) in [6, 6.07) is 11.8. The van der Waals surface area contributed by atoms with Gasteiger partial charge in [0, 0.05) is 32.4 Å². The molecule has 6 nitrogen and oxygen atoms in total. The first-order valence-corrected chi connectivity index (χ1v) is 9.38. The summed E-state index contributed by atoms with van der Waals surface area (Å²) < 4.78 is 5.38. The third-order valence-electron chi connectivity index (χ3n) is 4.98. The van der Waals surface area contributed by atoms with Crippen LogP contribution in [0.1, 0.15) is 34.8 Å². The number of rotatable bonds is 7. The van der Waals surface area contributed by atoms with E-state index in [1.54, 1.807) is 19.4 Å². The van der Waals surface area contributed by atoms with Gasteiger partial charge in [-0.25, -0.2) is 4.98 Å². The van der Waals surface area contributed by atoms with Crippen molar-refractivity contribution in [3.63, 3.8) is 0 Å². The molecular weight excluding hydrogens is 340 g/mol. The van der Waals surface area contributed by atoms with Crippen molar-refractivity contribution < 1.29 is 9.53 Å². The van der Waals surface area contributed by atoms with Gasteiger partial charge in [0.15, 0.2) is 0 Å². The Balaban J connectivity index is 1.74. The van der Waals surface area contributed by atoms with Crippen molar-refractivity contribution in [3.05, 3.63) is 53.7 Å². The Hall–Kier alpha value is -2.60. The maximum Gasteiger partial charge on any atom is 0.251 e. The molecule has 3 rings (SSSR count). The van der Waals surface area contributed by atoms with Crippen LogP contribution in [0, 0.1) is 0 Å². The highest BCUT2D eigenvalue weighted by atomic mass is 16.5. The van der Waals surface area contributed by atoms with Crippen LogP contribution in [0.15, 0.2) is 42.6 Å². The van der Waals surface area contributed by atoms with Crippen molar-refractivity contribution in [2.24, 2.45) is 0 Å². The molecule has 0 spiro atoms. The number of nitrogens with one attached hydrogen (secondary N) is 1. The molecule has 27 heavy (non-hydrogen) atoms. The number of anilines is 1. The van der Waals surface area contributed by atoms with Crippen LogP contribution in [0.3, 0.4) is 0 Å². The fourth-order valence-electron chi connectivity index (χ4n) is 3.46. The standard InChI is InChI=1S/C21H28N4O2/c1-24(2)20-14-17(9-10-22-20)21(26)23-15-19(25-11-4-5-12-25)16-7-6-8-18(13-16)27-3/h6-10,13-14,19H,4-5,11-12,15H2,1-3H3,(H,23,26)/t19-/m0/s1. The highest BCUT2D eigenvalue weighted by Gasteiger charge is 2.24. The summed E-state index contributed by atoms with van der Waals surface area (Å²) in [4.78, 5) is 21.3. The molecule has 0 aliphatic carbocycles. The number of benzene rings is 1. The Labute approximate surface area is 161 Å². The normalized spacial score (nSPS) is 15.4. The highest BCUT2D eigenvalue weighted by Crippen LogP contribution is 2.27. The third kappa shape index (κ3) is 4.77. The van der Waals surface area contributed by atoms with Crippen molar-refractivity contribution in [2.45, 2.75) is 18.9 Å². The molecule has 0 radical (unpaired) electrons. The number of amides is 1. The van der Waals surface area contributed by atoms with Gasteiger partial charge in [-0.3, -0.25) is 9.69 Å². The number of hydrogen-bond donors (Lipinski definition) is 1. The Morgan fingerprint density at radius 2 is 2.04 bits per heavy atom. The van der Waals surface area contributed by atoms with Gasteiger partial charge in [-0.2, -0.15) is 0 Å². The molecule has 0 bridgehead atoms. The van der Waals surface area contributed by atoms with Gasteiger partial charge in [0.1, 0.15) is 11.6 Å². The lowest BCUT2D eigenvalue weighted by Crippen LogP contribution is -2.36. The van der Waals surface area contributed by atoms with Crippen LogP contribution in [0.5, 0.6) is 5.75 Å². The van der Waals surface area contributed by atoms with Crippen molar-refractivity contribution in [1.82, 2.24) is 15.2 Å². The van der Waals surface area contributed by atoms with Gasteiger partial charge in [0.25, 0.3) is 5.91 Å². The minimum atomic E-state index is -0.0763. The summed E-state index contributed by atoms with van der Waals surface area (Å²) in [5.74, 6) is 1.53. The number of ether oxygens (including phenoxy) is 1. The van der Waals surface area contributed by atoms with Crippen LogP contribution in [0.25, 0.3) is 0 Å². The zero-order chi connectivity index (χ0) is 19.2. The minimum absolute atomic E-state index is 0.0763. The Kier molecular flexibility index (Phi) is 6.29. The molecule has 1 fully saturated rings. The molecule has 0 saturated carbocycles. The molecule has 1 aromatic heterocycles. The number of pyridine rings is 1. The molecule has 144 valence electrons. The van der Waals surface area contributed by atoms with E-state index in [1.165, 1.54) is 18.4 Å². The molecule has 1 saturated heterocycles. The Bertz CT molecular complexity index is 772. The molecule has 1 atom stereocenters. The van der Waals surface area contributed by atoms with Crippen molar-refractivity contribution in [2.75, 3.05) is 45.7 Å². The highest BCUT2D eigenvalue weighted by molar-refractivity contribution is 5.94. The maximum atomic E-state index is 12.7. The van der Waals surface area contributed by atoms with E-state index in [-0.39, 0.29) is 11.9 Å². The van der Waals surface area contributed by atoms with E-state index < -0.39 is 0 Å². The average Bonchev–Trinajstić information content (AvgIpc) is 3.22. The quantitative estimate of drug-likeness (QED) is 0.814. The van der Waals surface area contributed by atoms with Crippen LogP contribution in [0.2, 0.25) is 0 Å². The fourth-order valence-corrected chi connectivity index (χ4v) is 3.46. The lowest BCUT2D eigenvalue weighted by Gasteiger charge is -2.28. The van der Waals surface area contributed by atoms with Crippen LogP contribution < -0.4 is 15.0 Å². The zero-order valence-corrected chi connectivity index (χ0v) is 16.3. The topological polar surface area (TPSA) is 57.7 Å². The third-order valence-corrected chi connectivity index (χ3v) is 4.98. The molecule has 1 amide bonds. The number of hydrogen-bond acceptors (Lipinski definition) is 5. The molecule has 1 aliphatic rings. The summed E-state index contributed by atoms with van der Waals surface area (Å²) in [5, 5.41) is 3.11. The lowest BCUT2D eigenvalue weighted by molar-refractivity contribution is 0.0938. The van der Waals surface area contributed by atoms with Gasteiger partial charge >= 0.3 is 0 Å². The summed E-state index contributed by atoms with van der Waals surface area (Å²) in [6.45, 7) is 2.67.